The number of amides is 1. The third-order valence-corrected chi connectivity index (χ3v) is 4.64. The average molecular weight is 297 g/mol. The van der Waals surface area contributed by atoms with Crippen LogP contribution in [0, 0.1) is 6.92 Å². The summed E-state index contributed by atoms with van der Waals surface area (Å²) in [5.74, 6) is -0.0847. The van der Waals surface area contributed by atoms with Crippen LogP contribution in [0.15, 0.2) is 53.7 Å². The highest BCUT2D eigenvalue weighted by atomic mass is 32.2. The Morgan fingerprint density at radius 2 is 1.95 bits per heavy atom. The van der Waals surface area contributed by atoms with Gasteiger partial charge in [0.1, 0.15) is 4.75 Å². The van der Waals surface area contributed by atoms with Gasteiger partial charge in [0.2, 0.25) is 5.91 Å². The summed E-state index contributed by atoms with van der Waals surface area (Å²) in [7, 11) is 0. The van der Waals surface area contributed by atoms with Gasteiger partial charge in [-0.05, 0) is 37.6 Å². The summed E-state index contributed by atoms with van der Waals surface area (Å²) in [5, 5.41) is 3.47. The molecule has 1 fully saturated rings. The molecule has 3 rings (SSSR count). The second kappa shape index (κ2) is 5.33. The number of amidine groups is 1. The summed E-state index contributed by atoms with van der Waals surface area (Å²) in [6.07, 6.45) is 1.70. The molecule has 0 radical (unpaired) electrons. The van der Waals surface area contributed by atoms with Crippen molar-refractivity contribution in [3.8, 4) is 0 Å². The summed E-state index contributed by atoms with van der Waals surface area (Å²) in [6.45, 7) is 3.87. The van der Waals surface area contributed by atoms with Crippen LogP contribution in [0.2, 0.25) is 0 Å². The van der Waals surface area contributed by atoms with E-state index in [2.05, 4.69) is 15.3 Å². The lowest BCUT2D eigenvalue weighted by atomic mass is 10.1. The Labute approximate surface area is 127 Å². The van der Waals surface area contributed by atoms with E-state index in [1.54, 1.807) is 6.20 Å². The molecule has 1 unspecified atom stereocenters. The molecule has 1 aromatic carbocycles. The lowest BCUT2D eigenvalue weighted by Crippen LogP contribution is -2.32. The number of carbonyl (C=O) groups is 1. The van der Waals surface area contributed by atoms with E-state index in [1.165, 1.54) is 11.8 Å². The Morgan fingerprint density at radius 1 is 1.19 bits per heavy atom. The molecule has 1 aliphatic heterocycles. The number of para-hydroxylation sites is 1. The normalized spacial score (nSPS) is 23.3. The van der Waals surface area contributed by atoms with Crippen molar-refractivity contribution >= 4 is 28.5 Å². The van der Waals surface area contributed by atoms with Crippen LogP contribution in [0.4, 0.5) is 5.69 Å². The molecule has 0 saturated carbocycles. The highest BCUT2D eigenvalue weighted by Gasteiger charge is 2.45. The van der Waals surface area contributed by atoms with Crippen LogP contribution < -0.4 is 5.32 Å². The number of pyridine rings is 1. The van der Waals surface area contributed by atoms with Crippen LogP contribution >= 0.6 is 11.8 Å². The van der Waals surface area contributed by atoms with Crippen LogP contribution in [-0.4, -0.2) is 16.1 Å². The number of aromatic nitrogens is 1. The third kappa shape index (κ3) is 2.56. The Kier molecular flexibility index (Phi) is 3.51. The van der Waals surface area contributed by atoms with Gasteiger partial charge in [-0.2, -0.15) is 0 Å². The van der Waals surface area contributed by atoms with Crippen molar-refractivity contribution in [3.63, 3.8) is 0 Å². The molecule has 0 spiro atoms. The Morgan fingerprint density at radius 3 is 2.67 bits per heavy atom. The smallest absolute Gasteiger partial charge is 0.248 e. The number of aryl methyl sites for hydroxylation is 1. The summed E-state index contributed by atoms with van der Waals surface area (Å²) in [4.78, 5) is 21.2. The summed E-state index contributed by atoms with van der Waals surface area (Å²) < 4.78 is -0.733. The largest absolute Gasteiger partial charge is 0.304 e. The molecular formula is C16H15N3OS. The summed E-state index contributed by atoms with van der Waals surface area (Å²) >= 11 is 1.40. The first-order chi connectivity index (χ1) is 10.1. The highest BCUT2D eigenvalue weighted by molar-refractivity contribution is 8.15. The van der Waals surface area contributed by atoms with Crippen LogP contribution in [0.5, 0.6) is 0 Å². The highest BCUT2D eigenvalue weighted by Crippen LogP contribution is 2.40. The van der Waals surface area contributed by atoms with Crippen LogP contribution in [0.25, 0.3) is 0 Å². The van der Waals surface area contributed by atoms with Gasteiger partial charge in [-0.1, -0.05) is 36.0 Å². The zero-order chi connectivity index (χ0) is 14.9. The van der Waals surface area contributed by atoms with Gasteiger partial charge in [-0.15, -0.1) is 0 Å². The van der Waals surface area contributed by atoms with E-state index in [-0.39, 0.29) is 5.91 Å². The van der Waals surface area contributed by atoms with E-state index in [4.69, 9.17) is 0 Å². The molecule has 1 N–H and O–H groups in total. The number of rotatable bonds is 2. The van der Waals surface area contributed by atoms with Crippen molar-refractivity contribution in [2.45, 2.75) is 18.6 Å². The molecule has 2 heterocycles. The summed E-state index contributed by atoms with van der Waals surface area (Å²) in [5.41, 5.74) is 2.68. The fourth-order valence-corrected chi connectivity index (χ4v) is 3.19. The van der Waals surface area contributed by atoms with Crippen LogP contribution in [-0.2, 0) is 9.54 Å². The number of thioether (sulfide) groups is 1. The number of benzene rings is 1. The number of aliphatic imine (C=N–C) groups is 1. The molecule has 106 valence electrons. The average Bonchev–Trinajstić information content (AvgIpc) is 2.78. The molecule has 21 heavy (non-hydrogen) atoms. The first kappa shape index (κ1) is 13.8. The minimum absolute atomic E-state index is 0.0847. The Balaban J connectivity index is 1.94. The standard InChI is InChI=1S/C16H15N3OS/c1-11-7-3-4-8-12(11)18-15-19-14(20)16(2,21-15)13-9-5-6-10-17-13/h3-10H,1-2H3,(H,18,19,20). The molecule has 1 amide bonds. The van der Waals surface area contributed by atoms with Gasteiger partial charge in [0, 0.05) is 6.20 Å². The topological polar surface area (TPSA) is 54.4 Å². The molecule has 1 aromatic heterocycles. The number of nitrogens with zero attached hydrogens (tertiary/aromatic N) is 2. The number of carbonyl (C=O) groups excluding carboxylic acids is 1. The first-order valence-corrected chi connectivity index (χ1v) is 7.47. The van der Waals surface area contributed by atoms with Gasteiger partial charge < -0.3 is 5.32 Å². The fraction of sp³-hybridized carbons (Fsp3) is 0.188. The molecule has 1 aliphatic rings. The second-order valence-corrected chi connectivity index (χ2v) is 6.42. The van der Waals surface area contributed by atoms with Gasteiger partial charge in [0.15, 0.2) is 5.17 Å². The lowest BCUT2D eigenvalue weighted by molar-refractivity contribution is -0.121. The van der Waals surface area contributed by atoms with Gasteiger partial charge in [0.05, 0.1) is 11.4 Å². The van der Waals surface area contributed by atoms with Crippen molar-refractivity contribution in [2.24, 2.45) is 4.99 Å². The maximum absolute atomic E-state index is 12.3. The Bertz CT molecular complexity index is 714. The molecule has 0 aliphatic carbocycles. The quantitative estimate of drug-likeness (QED) is 0.926. The van der Waals surface area contributed by atoms with Gasteiger partial charge in [0.25, 0.3) is 0 Å². The number of hydrogen-bond donors (Lipinski definition) is 1. The number of nitrogens with one attached hydrogen (secondary N) is 1. The first-order valence-electron chi connectivity index (χ1n) is 6.66. The fourth-order valence-electron chi connectivity index (χ4n) is 2.14. The molecule has 2 aromatic rings. The second-order valence-electron chi connectivity index (χ2n) is 5.01. The van der Waals surface area contributed by atoms with E-state index < -0.39 is 4.75 Å². The van der Waals surface area contributed by atoms with E-state index in [0.717, 1.165) is 16.9 Å². The van der Waals surface area contributed by atoms with Crippen molar-refractivity contribution < 1.29 is 4.79 Å². The molecule has 0 bridgehead atoms. The third-order valence-electron chi connectivity index (χ3n) is 3.45. The summed E-state index contributed by atoms with van der Waals surface area (Å²) in [6, 6.07) is 13.4. The van der Waals surface area contributed by atoms with Crippen molar-refractivity contribution in [1.82, 2.24) is 10.3 Å². The lowest BCUT2D eigenvalue weighted by Gasteiger charge is -2.17. The van der Waals surface area contributed by atoms with E-state index in [0.29, 0.717) is 5.17 Å². The van der Waals surface area contributed by atoms with Crippen LogP contribution in [0.3, 0.4) is 0 Å². The number of hydrogen-bond acceptors (Lipinski definition) is 4. The molecule has 1 saturated heterocycles. The van der Waals surface area contributed by atoms with Crippen molar-refractivity contribution in [2.75, 3.05) is 0 Å². The van der Waals surface area contributed by atoms with E-state index >= 15 is 0 Å². The minimum atomic E-state index is -0.733. The zero-order valence-electron chi connectivity index (χ0n) is 11.8. The van der Waals surface area contributed by atoms with Crippen molar-refractivity contribution in [1.29, 1.82) is 0 Å². The monoisotopic (exact) mass is 297 g/mol. The van der Waals surface area contributed by atoms with E-state index in [1.807, 2.05) is 56.3 Å². The van der Waals surface area contributed by atoms with Gasteiger partial charge >= 0.3 is 0 Å². The van der Waals surface area contributed by atoms with Gasteiger partial charge in [-0.25, -0.2) is 4.99 Å². The molecule has 5 heteroatoms. The van der Waals surface area contributed by atoms with Gasteiger partial charge in [-0.3, -0.25) is 9.78 Å². The van der Waals surface area contributed by atoms with E-state index in [9.17, 15) is 4.79 Å². The maximum atomic E-state index is 12.3. The zero-order valence-corrected chi connectivity index (χ0v) is 12.6. The predicted octanol–water partition coefficient (Wildman–Crippen LogP) is 3.16. The molecule has 4 nitrogen and oxygen atoms in total. The Hall–Kier alpha value is -2.14. The SMILES string of the molecule is Cc1ccccc1N=C1NC(=O)C(C)(c2ccccn2)S1. The van der Waals surface area contributed by atoms with Crippen molar-refractivity contribution in [3.05, 3.63) is 59.9 Å². The van der Waals surface area contributed by atoms with Crippen LogP contribution in [0.1, 0.15) is 18.2 Å². The molecular weight excluding hydrogens is 282 g/mol. The predicted molar refractivity (Wildman–Crippen MR) is 85.6 cm³/mol. The minimum Gasteiger partial charge on any atom is -0.304 e. The molecule has 1 atom stereocenters. The maximum Gasteiger partial charge on any atom is 0.248 e.